The van der Waals surface area contributed by atoms with Crippen LogP contribution in [0.15, 0.2) is 23.2 Å². The zero-order valence-corrected chi connectivity index (χ0v) is 12.5. The van der Waals surface area contributed by atoms with Gasteiger partial charge in [-0.1, -0.05) is 6.42 Å². The summed E-state index contributed by atoms with van der Waals surface area (Å²) >= 11 is 0. The van der Waals surface area contributed by atoms with E-state index >= 15 is 0 Å². The van der Waals surface area contributed by atoms with E-state index in [0.717, 1.165) is 0 Å². The molecule has 114 valence electrons. The summed E-state index contributed by atoms with van der Waals surface area (Å²) in [4.78, 5) is 14.5. The van der Waals surface area contributed by atoms with Crippen molar-refractivity contribution in [2.75, 3.05) is 13.7 Å². The molecule has 1 aromatic rings. The van der Waals surface area contributed by atoms with Gasteiger partial charge in [-0.05, 0) is 25.0 Å². The SMILES string of the molecule is COC(=O)CCCCCNS(=O)(=O)c1cccnc1C#N. The number of methoxy groups -OCH3 is 1. The molecule has 0 unspecified atom stereocenters. The van der Waals surface area contributed by atoms with Crippen molar-refractivity contribution >= 4 is 16.0 Å². The molecule has 0 spiro atoms. The van der Waals surface area contributed by atoms with Gasteiger partial charge in [0.2, 0.25) is 10.0 Å². The van der Waals surface area contributed by atoms with Gasteiger partial charge >= 0.3 is 5.97 Å². The fraction of sp³-hybridized carbons (Fsp3) is 0.462. The molecule has 0 aliphatic rings. The van der Waals surface area contributed by atoms with Gasteiger partial charge in [0, 0.05) is 19.2 Å². The number of carbonyl (C=O) groups excluding carboxylic acids is 1. The molecular formula is C13H17N3O4S. The zero-order chi connectivity index (χ0) is 15.7. The number of rotatable bonds is 8. The van der Waals surface area contributed by atoms with E-state index < -0.39 is 10.0 Å². The van der Waals surface area contributed by atoms with Crippen LogP contribution in [0.1, 0.15) is 31.4 Å². The molecular weight excluding hydrogens is 294 g/mol. The van der Waals surface area contributed by atoms with Crippen LogP contribution in [-0.2, 0) is 19.6 Å². The second-order valence-electron chi connectivity index (χ2n) is 4.25. The molecule has 0 saturated heterocycles. The van der Waals surface area contributed by atoms with Crippen molar-refractivity contribution < 1.29 is 17.9 Å². The maximum atomic E-state index is 12.0. The van der Waals surface area contributed by atoms with Crippen LogP contribution in [0.5, 0.6) is 0 Å². The van der Waals surface area contributed by atoms with Gasteiger partial charge in [-0.2, -0.15) is 5.26 Å². The largest absolute Gasteiger partial charge is 0.469 e. The first-order valence-corrected chi connectivity index (χ1v) is 7.91. The Labute approximate surface area is 124 Å². The number of hydrogen-bond acceptors (Lipinski definition) is 6. The smallest absolute Gasteiger partial charge is 0.305 e. The summed E-state index contributed by atoms with van der Waals surface area (Å²) in [7, 11) is -2.41. The van der Waals surface area contributed by atoms with Gasteiger partial charge in [-0.15, -0.1) is 0 Å². The van der Waals surface area contributed by atoms with E-state index in [0.29, 0.717) is 25.7 Å². The fourth-order valence-electron chi connectivity index (χ4n) is 1.65. The maximum absolute atomic E-state index is 12.0. The van der Waals surface area contributed by atoms with Crippen molar-refractivity contribution in [3.63, 3.8) is 0 Å². The summed E-state index contributed by atoms with van der Waals surface area (Å²) in [5.74, 6) is -0.274. The topological polar surface area (TPSA) is 109 Å². The number of unbranched alkanes of at least 4 members (excludes halogenated alkanes) is 2. The molecule has 0 aromatic carbocycles. The number of nitrogens with one attached hydrogen (secondary N) is 1. The molecule has 0 amide bonds. The van der Waals surface area contributed by atoms with E-state index in [2.05, 4.69) is 14.4 Å². The normalized spacial score (nSPS) is 10.9. The van der Waals surface area contributed by atoms with E-state index in [4.69, 9.17) is 5.26 Å². The molecule has 1 heterocycles. The molecule has 21 heavy (non-hydrogen) atoms. The number of hydrogen-bond donors (Lipinski definition) is 1. The van der Waals surface area contributed by atoms with Crippen LogP contribution in [0, 0.1) is 11.3 Å². The summed E-state index contributed by atoms with van der Waals surface area (Å²) in [5.41, 5.74) is -0.129. The molecule has 0 saturated carbocycles. The molecule has 0 bridgehead atoms. The average Bonchev–Trinajstić information content (AvgIpc) is 2.50. The summed E-state index contributed by atoms with van der Waals surface area (Å²) in [6.45, 7) is 0.239. The van der Waals surface area contributed by atoms with Crippen molar-refractivity contribution in [3.05, 3.63) is 24.0 Å². The summed E-state index contributed by atoms with van der Waals surface area (Å²) < 4.78 is 31.0. The molecule has 1 N–H and O–H groups in total. The molecule has 8 heteroatoms. The van der Waals surface area contributed by atoms with Crippen LogP contribution in [0.3, 0.4) is 0 Å². The third-order valence-corrected chi connectivity index (χ3v) is 4.24. The number of pyridine rings is 1. The number of sulfonamides is 1. The molecule has 0 aliphatic carbocycles. The highest BCUT2D eigenvalue weighted by Gasteiger charge is 2.18. The standard InChI is InChI=1S/C13H17N3O4S/c1-20-13(17)7-3-2-4-9-16-21(18,19)12-6-5-8-15-11(12)10-14/h5-6,8,16H,2-4,7,9H2,1H3. The Balaban J connectivity index is 2.44. The average molecular weight is 311 g/mol. The maximum Gasteiger partial charge on any atom is 0.305 e. The van der Waals surface area contributed by atoms with Crippen molar-refractivity contribution in [3.8, 4) is 6.07 Å². The predicted molar refractivity (Wildman–Crippen MR) is 74.6 cm³/mol. The molecule has 1 rings (SSSR count). The van der Waals surface area contributed by atoms with Gasteiger partial charge in [0.15, 0.2) is 5.69 Å². The number of nitriles is 1. The van der Waals surface area contributed by atoms with Crippen LogP contribution >= 0.6 is 0 Å². The number of nitrogens with zero attached hydrogens (tertiary/aromatic N) is 2. The third kappa shape index (κ3) is 5.49. The van der Waals surface area contributed by atoms with Crippen molar-refractivity contribution in [2.24, 2.45) is 0 Å². The number of carbonyl (C=O) groups is 1. The second-order valence-corrected chi connectivity index (χ2v) is 5.98. The minimum atomic E-state index is -3.74. The second kappa shape index (κ2) is 8.34. The van der Waals surface area contributed by atoms with Crippen LogP contribution in [0.25, 0.3) is 0 Å². The van der Waals surface area contributed by atoms with Gasteiger partial charge in [0.25, 0.3) is 0 Å². The number of esters is 1. The van der Waals surface area contributed by atoms with Gasteiger partial charge in [-0.25, -0.2) is 18.1 Å². The summed E-state index contributed by atoms with van der Waals surface area (Å²) in [6, 6.07) is 4.55. The van der Waals surface area contributed by atoms with Crippen LogP contribution in [0.2, 0.25) is 0 Å². The lowest BCUT2D eigenvalue weighted by molar-refractivity contribution is -0.140. The first kappa shape index (κ1) is 17.1. The number of aromatic nitrogens is 1. The van der Waals surface area contributed by atoms with E-state index in [1.165, 1.54) is 25.4 Å². The highest BCUT2D eigenvalue weighted by molar-refractivity contribution is 7.89. The van der Waals surface area contributed by atoms with E-state index in [9.17, 15) is 13.2 Å². The van der Waals surface area contributed by atoms with Crippen molar-refractivity contribution in [2.45, 2.75) is 30.6 Å². The van der Waals surface area contributed by atoms with Crippen molar-refractivity contribution in [1.82, 2.24) is 9.71 Å². The fourth-order valence-corrected chi connectivity index (χ4v) is 2.83. The van der Waals surface area contributed by atoms with Crippen LogP contribution in [0.4, 0.5) is 0 Å². The van der Waals surface area contributed by atoms with E-state index in [1.54, 1.807) is 6.07 Å². The minimum absolute atomic E-state index is 0.123. The van der Waals surface area contributed by atoms with E-state index in [1.807, 2.05) is 0 Å². The van der Waals surface area contributed by atoms with Crippen molar-refractivity contribution in [1.29, 1.82) is 5.26 Å². The lowest BCUT2D eigenvalue weighted by atomic mass is 10.2. The summed E-state index contributed by atoms with van der Waals surface area (Å²) in [5, 5.41) is 8.85. The zero-order valence-electron chi connectivity index (χ0n) is 11.7. The van der Waals surface area contributed by atoms with E-state index in [-0.39, 0.29) is 23.1 Å². The highest BCUT2D eigenvalue weighted by atomic mass is 32.2. The number of ether oxygens (including phenoxy) is 1. The summed E-state index contributed by atoms with van der Waals surface area (Å²) in [6.07, 6.45) is 3.63. The molecule has 0 radical (unpaired) electrons. The highest BCUT2D eigenvalue weighted by Crippen LogP contribution is 2.11. The first-order chi connectivity index (χ1) is 10.0. The Morgan fingerprint density at radius 3 is 2.86 bits per heavy atom. The molecule has 1 aromatic heterocycles. The quantitative estimate of drug-likeness (QED) is 0.566. The van der Waals surface area contributed by atoms with Crippen LogP contribution < -0.4 is 4.72 Å². The Hall–Kier alpha value is -1.98. The lowest BCUT2D eigenvalue weighted by Crippen LogP contribution is -2.25. The molecule has 0 aliphatic heterocycles. The molecule has 7 nitrogen and oxygen atoms in total. The lowest BCUT2D eigenvalue weighted by Gasteiger charge is -2.07. The van der Waals surface area contributed by atoms with Crippen LogP contribution in [-0.4, -0.2) is 33.0 Å². The first-order valence-electron chi connectivity index (χ1n) is 6.43. The van der Waals surface area contributed by atoms with Gasteiger partial charge in [0.05, 0.1) is 7.11 Å². The van der Waals surface area contributed by atoms with Gasteiger partial charge < -0.3 is 4.74 Å². The van der Waals surface area contributed by atoms with Gasteiger partial charge in [-0.3, -0.25) is 4.79 Å². The Kier molecular flexibility index (Phi) is 6.78. The monoisotopic (exact) mass is 311 g/mol. The third-order valence-electron chi connectivity index (χ3n) is 2.74. The molecule has 0 atom stereocenters. The minimum Gasteiger partial charge on any atom is -0.469 e. The Morgan fingerprint density at radius 1 is 1.43 bits per heavy atom. The Bertz CT molecular complexity index is 623. The predicted octanol–water partition coefficient (Wildman–Crippen LogP) is 0.965. The molecule has 0 fully saturated rings. The van der Waals surface area contributed by atoms with Gasteiger partial charge in [0.1, 0.15) is 11.0 Å². The Morgan fingerprint density at radius 2 is 2.19 bits per heavy atom.